The van der Waals surface area contributed by atoms with Gasteiger partial charge in [0.2, 0.25) is 5.91 Å². The molecule has 0 aliphatic carbocycles. The number of carbonyl (C=O) groups excluding carboxylic acids is 1. The zero-order valence-corrected chi connectivity index (χ0v) is 13.3. The summed E-state index contributed by atoms with van der Waals surface area (Å²) in [6.45, 7) is 1.87. The minimum absolute atomic E-state index is 0.0977. The average Bonchev–Trinajstić information content (AvgIpc) is 3.04. The Balaban J connectivity index is 1.61. The van der Waals surface area contributed by atoms with Crippen LogP contribution in [-0.4, -0.2) is 15.7 Å². The number of halogens is 1. The molecule has 0 spiro atoms. The van der Waals surface area contributed by atoms with Crippen LogP contribution in [0.25, 0.3) is 5.69 Å². The molecule has 0 fully saturated rings. The van der Waals surface area contributed by atoms with Gasteiger partial charge in [0, 0.05) is 6.20 Å². The van der Waals surface area contributed by atoms with Gasteiger partial charge < -0.3 is 5.32 Å². The number of amides is 1. The molecule has 1 N–H and O–H groups in total. The van der Waals surface area contributed by atoms with E-state index < -0.39 is 0 Å². The average molecular weight is 323 g/mol. The van der Waals surface area contributed by atoms with Gasteiger partial charge in [0.15, 0.2) is 0 Å². The van der Waals surface area contributed by atoms with E-state index in [9.17, 15) is 9.18 Å². The fourth-order valence-corrected chi connectivity index (χ4v) is 2.49. The van der Waals surface area contributed by atoms with E-state index in [1.54, 1.807) is 23.0 Å². The molecule has 0 radical (unpaired) electrons. The van der Waals surface area contributed by atoms with Gasteiger partial charge >= 0.3 is 0 Å². The van der Waals surface area contributed by atoms with E-state index in [4.69, 9.17) is 0 Å². The molecule has 0 bridgehead atoms. The maximum atomic E-state index is 12.9. The van der Waals surface area contributed by atoms with Crippen molar-refractivity contribution in [3.63, 3.8) is 0 Å². The van der Waals surface area contributed by atoms with Crippen molar-refractivity contribution in [2.45, 2.75) is 19.4 Å². The Kier molecular flexibility index (Phi) is 4.70. The maximum Gasteiger partial charge on any atom is 0.225 e. The van der Waals surface area contributed by atoms with Gasteiger partial charge in [0.05, 0.1) is 24.3 Å². The van der Waals surface area contributed by atoms with Crippen LogP contribution in [0, 0.1) is 5.82 Å². The summed E-state index contributed by atoms with van der Waals surface area (Å²) in [5.74, 6) is -0.384. The van der Waals surface area contributed by atoms with Crippen LogP contribution < -0.4 is 5.32 Å². The van der Waals surface area contributed by atoms with Gasteiger partial charge in [-0.15, -0.1) is 0 Å². The molecule has 0 aliphatic rings. The molecule has 1 amide bonds. The highest BCUT2D eigenvalue weighted by atomic mass is 19.1. The summed E-state index contributed by atoms with van der Waals surface area (Å²) < 4.78 is 14.7. The number of rotatable bonds is 5. The number of hydrogen-bond donors (Lipinski definition) is 1. The molecule has 122 valence electrons. The highest BCUT2D eigenvalue weighted by Crippen LogP contribution is 2.13. The van der Waals surface area contributed by atoms with Crippen LogP contribution in [0.2, 0.25) is 0 Å². The monoisotopic (exact) mass is 323 g/mol. The molecule has 0 saturated carbocycles. The number of nitrogens with zero attached hydrogens (tertiary/aromatic N) is 2. The molecule has 24 heavy (non-hydrogen) atoms. The highest BCUT2D eigenvalue weighted by molar-refractivity contribution is 5.78. The standard InChI is InChI=1S/C19H18FN3O/c1-14(16-7-9-17(20)10-8-16)22-19(24)11-15-12-21-23(13-15)18-5-3-2-4-6-18/h2-10,12-14H,11H2,1H3,(H,22,24)/t14-/m0/s1. The van der Waals surface area contributed by atoms with E-state index >= 15 is 0 Å². The molecule has 0 saturated heterocycles. The Labute approximate surface area is 139 Å². The van der Waals surface area contributed by atoms with E-state index in [0.717, 1.165) is 16.8 Å². The first kappa shape index (κ1) is 15.9. The third-order valence-electron chi connectivity index (χ3n) is 3.77. The molecule has 1 atom stereocenters. The van der Waals surface area contributed by atoms with Gasteiger partial charge in [-0.3, -0.25) is 4.79 Å². The normalized spacial score (nSPS) is 11.9. The number of hydrogen-bond acceptors (Lipinski definition) is 2. The maximum absolute atomic E-state index is 12.9. The van der Waals surface area contributed by atoms with Crippen molar-refractivity contribution in [1.29, 1.82) is 0 Å². The number of aromatic nitrogens is 2. The predicted octanol–water partition coefficient (Wildman–Crippen LogP) is 3.43. The first-order chi connectivity index (χ1) is 11.6. The summed E-state index contributed by atoms with van der Waals surface area (Å²) in [4.78, 5) is 12.2. The largest absolute Gasteiger partial charge is 0.349 e. The smallest absolute Gasteiger partial charge is 0.225 e. The number of nitrogens with one attached hydrogen (secondary N) is 1. The Morgan fingerprint density at radius 1 is 1.17 bits per heavy atom. The molecule has 4 nitrogen and oxygen atoms in total. The van der Waals surface area contributed by atoms with E-state index in [2.05, 4.69) is 10.4 Å². The molecule has 5 heteroatoms. The third kappa shape index (κ3) is 3.87. The zero-order valence-electron chi connectivity index (χ0n) is 13.3. The van der Waals surface area contributed by atoms with E-state index in [-0.39, 0.29) is 24.2 Å². The quantitative estimate of drug-likeness (QED) is 0.782. The molecular weight excluding hydrogens is 305 g/mol. The van der Waals surface area contributed by atoms with Crippen LogP contribution in [0.15, 0.2) is 67.0 Å². The summed E-state index contributed by atoms with van der Waals surface area (Å²) >= 11 is 0. The predicted molar refractivity (Wildman–Crippen MR) is 90.2 cm³/mol. The van der Waals surface area contributed by atoms with Crippen molar-refractivity contribution < 1.29 is 9.18 Å². The van der Waals surface area contributed by atoms with E-state index in [1.165, 1.54) is 12.1 Å². The number of para-hydroxylation sites is 1. The van der Waals surface area contributed by atoms with Gasteiger partial charge in [-0.25, -0.2) is 9.07 Å². The van der Waals surface area contributed by atoms with Crippen LogP contribution in [-0.2, 0) is 11.2 Å². The van der Waals surface area contributed by atoms with Crippen LogP contribution in [0.5, 0.6) is 0 Å². The lowest BCUT2D eigenvalue weighted by atomic mass is 10.1. The van der Waals surface area contributed by atoms with Gasteiger partial charge in [-0.2, -0.15) is 5.10 Å². The molecule has 0 aliphatic heterocycles. The topological polar surface area (TPSA) is 46.9 Å². The van der Waals surface area contributed by atoms with Gasteiger partial charge in [-0.1, -0.05) is 30.3 Å². The molecule has 0 unspecified atom stereocenters. The Bertz CT molecular complexity index is 812. The lowest BCUT2D eigenvalue weighted by molar-refractivity contribution is -0.121. The molecule has 3 rings (SSSR count). The highest BCUT2D eigenvalue weighted by Gasteiger charge is 2.11. The summed E-state index contributed by atoms with van der Waals surface area (Å²) in [5.41, 5.74) is 2.65. The minimum Gasteiger partial charge on any atom is -0.349 e. The fourth-order valence-electron chi connectivity index (χ4n) is 2.49. The summed E-state index contributed by atoms with van der Waals surface area (Å²) in [7, 11) is 0. The first-order valence-electron chi connectivity index (χ1n) is 7.75. The second-order valence-electron chi connectivity index (χ2n) is 5.65. The van der Waals surface area contributed by atoms with E-state index in [1.807, 2.05) is 43.5 Å². The molecule has 2 aromatic carbocycles. The van der Waals surface area contributed by atoms with Crippen LogP contribution in [0.4, 0.5) is 4.39 Å². The number of benzene rings is 2. The first-order valence-corrected chi connectivity index (χ1v) is 7.75. The Hall–Kier alpha value is -2.95. The van der Waals surface area contributed by atoms with Crippen molar-refractivity contribution in [3.05, 3.63) is 83.9 Å². The van der Waals surface area contributed by atoms with Crippen molar-refractivity contribution in [1.82, 2.24) is 15.1 Å². The van der Waals surface area contributed by atoms with Gasteiger partial charge in [-0.05, 0) is 42.3 Å². The Morgan fingerprint density at radius 3 is 2.58 bits per heavy atom. The van der Waals surface area contributed by atoms with Gasteiger partial charge in [0.1, 0.15) is 5.82 Å². The molecule has 1 heterocycles. The molecule has 1 aromatic heterocycles. The summed E-state index contributed by atoms with van der Waals surface area (Å²) in [6.07, 6.45) is 3.78. The molecule has 3 aromatic rings. The molecular formula is C19H18FN3O. The lowest BCUT2D eigenvalue weighted by Crippen LogP contribution is -2.28. The van der Waals surface area contributed by atoms with Crippen molar-refractivity contribution in [2.75, 3.05) is 0 Å². The second-order valence-corrected chi connectivity index (χ2v) is 5.65. The van der Waals surface area contributed by atoms with Crippen LogP contribution in [0.1, 0.15) is 24.1 Å². The van der Waals surface area contributed by atoms with Gasteiger partial charge in [0.25, 0.3) is 0 Å². The van der Waals surface area contributed by atoms with Crippen LogP contribution in [0.3, 0.4) is 0 Å². The lowest BCUT2D eigenvalue weighted by Gasteiger charge is -2.14. The number of carbonyl (C=O) groups is 1. The van der Waals surface area contributed by atoms with Crippen molar-refractivity contribution >= 4 is 5.91 Å². The SMILES string of the molecule is C[C@H](NC(=O)Cc1cnn(-c2ccccc2)c1)c1ccc(F)cc1. The summed E-state index contributed by atoms with van der Waals surface area (Å²) in [5, 5.41) is 7.20. The van der Waals surface area contributed by atoms with E-state index in [0.29, 0.717) is 0 Å². The summed E-state index contributed by atoms with van der Waals surface area (Å²) in [6, 6.07) is 15.7. The van der Waals surface area contributed by atoms with Crippen molar-refractivity contribution in [2.24, 2.45) is 0 Å². The Morgan fingerprint density at radius 2 is 1.88 bits per heavy atom. The zero-order chi connectivity index (χ0) is 16.9. The fraction of sp³-hybridized carbons (Fsp3) is 0.158. The van der Waals surface area contributed by atoms with Crippen molar-refractivity contribution in [3.8, 4) is 5.69 Å². The third-order valence-corrected chi connectivity index (χ3v) is 3.77. The second kappa shape index (κ2) is 7.08. The minimum atomic E-state index is -0.286. The van der Waals surface area contributed by atoms with Crippen LogP contribution >= 0.6 is 0 Å².